The molecular weight excluding hydrogens is 469 g/mol. The Morgan fingerprint density at radius 3 is 1.81 bits per heavy atom. The fourth-order valence-electron chi connectivity index (χ4n) is 1.87. The first-order valence-corrected chi connectivity index (χ1v) is 9.27. The molecule has 2 aromatic carbocycles. The molecule has 0 aliphatic carbocycles. The van der Waals surface area contributed by atoms with Crippen LogP contribution in [-0.4, -0.2) is 23.8 Å². The molecule has 2 rings (SSSR count). The van der Waals surface area contributed by atoms with Gasteiger partial charge >= 0.3 is 5.97 Å². The van der Waals surface area contributed by atoms with Crippen LogP contribution in [-0.2, 0) is 4.79 Å². The molecule has 0 spiro atoms. The monoisotopic (exact) mass is 476 g/mol. The lowest BCUT2D eigenvalue weighted by Crippen LogP contribution is -2.29. The van der Waals surface area contributed by atoms with Crippen LogP contribution < -0.4 is 9.47 Å². The van der Waals surface area contributed by atoms with Gasteiger partial charge in [-0.25, -0.2) is 4.79 Å². The Morgan fingerprint density at radius 1 is 0.808 bits per heavy atom. The first-order chi connectivity index (χ1) is 12.2. The molecule has 0 radical (unpaired) electrons. The normalized spacial score (nSPS) is 11.9. The van der Waals surface area contributed by atoms with Gasteiger partial charge in [-0.1, -0.05) is 69.6 Å². The van der Waals surface area contributed by atoms with Crippen LogP contribution in [0.2, 0.25) is 30.1 Å². The maximum Gasteiger partial charge on any atom is 0.345 e. The summed E-state index contributed by atoms with van der Waals surface area (Å²) in [7, 11) is 0. The molecule has 140 valence electrons. The molecule has 2 aromatic rings. The smallest absolute Gasteiger partial charge is 0.345 e. The molecule has 10 heteroatoms. The third-order valence-electron chi connectivity index (χ3n) is 3.13. The summed E-state index contributed by atoms with van der Waals surface area (Å²) in [6, 6.07) is 5.59. The molecule has 0 heterocycles. The molecule has 0 fully saturated rings. The van der Waals surface area contributed by atoms with Crippen LogP contribution >= 0.6 is 69.6 Å². The predicted molar refractivity (Wildman–Crippen MR) is 105 cm³/mol. The largest absolute Gasteiger partial charge is 0.492 e. The summed E-state index contributed by atoms with van der Waals surface area (Å²) in [6.07, 6.45) is -1.23. The van der Waals surface area contributed by atoms with E-state index in [1.165, 1.54) is 24.3 Å². The fourth-order valence-corrected chi connectivity index (χ4v) is 3.04. The van der Waals surface area contributed by atoms with E-state index in [-0.39, 0.29) is 54.7 Å². The molecule has 0 amide bonds. The number of ether oxygens (including phenoxy) is 2. The maximum absolute atomic E-state index is 11.4. The van der Waals surface area contributed by atoms with Crippen LogP contribution in [0.15, 0.2) is 24.3 Å². The molecule has 1 unspecified atom stereocenters. The van der Waals surface area contributed by atoms with Gasteiger partial charge in [0.05, 0.1) is 36.7 Å². The molecule has 0 saturated heterocycles. The lowest BCUT2D eigenvalue weighted by atomic mass is 10.2. The second-order valence-electron chi connectivity index (χ2n) is 4.98. The van der Waals surface area contributed by atoms with Crippen molar-refractivity contribution >= 4 is 75.6 Å². The second kappa shape index (κ2) is 9.45. The van der Waals surface area contributed by atoms with E-state index in [4.69, 9.17) is 79.1 Å². The summed E-state index contributed by atoms with van der Waals surface area (Å²) in [5, 5.41) is 10.7. The summed E-state index contributed by atoms with van der Waals surface area (Å²) in [5.41, 5.74) is 0. The van der Waals surface area contributed by atoms with E-state index in [0.29, 0.717) is 0 Å². The van der Waals surface area contributed by atoms with Crippen molar-refractivity contribution in [2.75, 3.05) is 6.61 Å². The molecule has 26 heavy (non-hydrogen) atoms. The van der Waals surface area contributed by atoms with Crippen LogP contribution in [0, 0.1) is 0 Å². The number of halogens is 6. The number of carbonyl (C=O) groups is 1. The quantitative estimate of drug-likeness (QED) is 0.439. The zero-order chi connectivity index (χ0) is 19.4. The van der Waals surface area contributed by atoms with E-state index in [1.807, 2.05) is 0 Å². The van der Waals surface area contributed by atoms with E-state index >= 15 is 0 Å². The van der Waals surface area contributed by atoms with E-state index in [1.54, 1.807) is 0 Å². The third kappa shape index (κ3) is 5.62. The highest BCUT2D eigenvalue weighted by molar-refractivity contribution is 6.44. The Hall–Kier alpha value is -0.750. The summed E-state index contributed by atoms with van der Waals surface area (Å²) in [5.74, 6) is -0.824. The van der Waals surface area contributed by atoms with Crippen LogP contribution in [0.4, 0.5) is 0 Å². The third-order valence-corrected chi connectivity index (χ3v) is 5.17. The molecule has 0 aliphatic heterocycles. The van der Waals surface area contributed by atoms with Crippen LogP contribution in [0.5, 0.6) is 11.5 Å². The maximum atomic E-state index is 11.4. The summed E-state index contributed by atoms with van der Waals surface area (Å²) in [6.45, 7) is -0.00636. The molecule has 0 aromatic heterocycles. The molecular formula is C16H10Cl6O4. The molecule has 0 aliphatic rings. The molecule has 0 saturated carbocycles. The Bertz CT molecular complexity index is 827. The number of rotatable bonds is 7. The number of benzene rings is 2. The van der Waals surface area contributed by atoms with Gasteiger partial charge in [-0.15, -0.1) is 0 Å². The Kier molecular flexibility index (Phi) is 7.83. The van der Waals surface area contributed by atoms with Crippen molar-refractivity contribution in [3.63, 3.8) is 0 Å². The van der Waals surface area contributed by atoms with Gasteiger partial charge in [-0.05, 0) is 12.1 Å². The van der Waals surface area contributed by atoms with Crippen molar-refractivity contribution in [3.8, 4) is 11.5 Å². The highest BCUT2D eigenvalue weighted by Gasteiger charge is 2.22. The van der Waals surface area contributed by atoms with Gasteiger partial charge in [-0.2, -0.15) is 0 Å². The number of carboxylic acid groups (broad SMARTS) is 1. The molecule has 0 bridgehead atoms. The number of carboxylic acids is 1. The zero-order valence-corrected chi connectivity index (χ0v) is 17.3. The lowest BCUT2D eigenvalue weighted by molar-refractivity contribution is -0.145. The SMILES string of the molecule is O=C(O)C(CCOc1cc(Cl)c(Cl)cc1Cl)Oc1cc(Cl)c(Cl)cc1Cl. The van der Waals surface area contributed by atoms with Crippen molar-refractivity contribution in [2.45, 2.75) is 12.5 Å². The van der Waals surface area contributed by atoms with Crippen LogP contribution in [0.25, 0.3) is 0 Å². The minimum Gasteiger partial charge on any atom is -0.492 e. The second-order valence-corrected chi connectivity index (χ2v) is 7.42. The van der Waals surface area contributed by atoms with Crippen LogP contribution in [0.3, 0.4) is 0 Å². The first kappa shape index (κ1) is 21.5. The van der Waals surface area contributed by atoms with Gasteiger partial charge in [0.15, 0.2) is 6.10 Å². The highest BCUT2D eigenvalue weighted by atomic mass is 35.5. The lowest BCUT2D eigenvalue weighted by Gasteiger charge is -2.17. The van der Waals surface area contributed by atoms with Crippen molar-refractivity contribution in [1.82, 2.24) is 0 Å². The van der Waals surface area contributed by atoms with Gasteiger partial charge in [0.2, 0.25) is 0 Å². The zero-order valence-electron chi connectivity index (χ0n) is 12.7. The molecule has 1 atom stereocenters. The minimum absolute atomic E-state index is 0.00246. The topological polar surface area (TPSA) is 55.8 Å². The molecule has 4 nitrogen and oxygen atoms in total. The van der Waals surface area contributed by atoms with Gasteiger partial charge in [0.1, 0.15) is 11.5 Å². The Morgan fingerprint density at radius 2 is 1.27 bits per heavy atom. The summed E-state index contributed by atoms with van der Waals surface area (Å²) in [4.78, 5) is 11.4. The van der Waals surface area contributed by atoms with Gasteiger partial charge in [0, 0.05) is 18.6 Å². The van der Waals surface area contributed by atoms with Gasteiger partial charge < -0.3 is 14.6 Å². The first-order valence-electron chi connectivity index (χ1n) is 7.00. The predicted octanol–water partition coefficient (Wildman–Crippen LogP) is 6.91. The fraction of sp³-hybridized carbons (Fsp3) is 0.188. The van der Waals surface area contributed by atoms with Crippen LogP contribution in [0.1, 0.15) is 6.42 Å². The van der Waals surface area contributed by atoms with Gasteiger partial charge in [0.25, 0.3) is 0 Å². The van der Waals surface area contributed by atoms with Crippen molar-refractivity contribution in [3.05, 3.63) is 54.4 Å². The number of aliphatic carboxylic acids is 1. The summed E-state index contributed by atoms with van der Waals surface area (Å²) < 4.78 is 10.9. The van der Waals surface area contributed by atoms with E-state index < -0.39 is 12.1 Å². The van der Waals surface area contributed by atoms with E-state index in [9.17, 15) is 9.90 Å². The summed E-state index contributed by atoms with van der Waals surface area (Å²) >= 11 is 35.5. The number of hydrogen-bond donors (Lipinski definition) is 1. The average Bonchev–Trinajstić information content (AvgIpc) is 2.55. The average molecular weight is 479 g/mol. The highest BCUT2D eigenvalue weighted by Crippen LogP contribution is 2.35. The standard InChI is InChI=1S/C16H10Cl6O4/c17-7-3-11(21)14(5-9(7)19)25-2-1-13(16(23)24)26-15-6-10(20)8(18)4-12(15)22/h3-6,13H,1-2H2,(H,23,24). The van der Waals surface area contributed by atoms with E-state index in [2.05, 4.69) is 0 Å². The Balaban J connectivity index is 2.04. The Labute approximate surface area is 179 Å². The van der Waals surface area contributed by atoms with Gasteiger partial charge in [-0.3, -0.25) is 0 Å². The van der Waals surface area contributed by atoms with Crippen molar-refractivity contribution in [1.29, 1.82) is 0 Å². The molecule has 1 N–H and O–H groups in total. The van der Waals surface area contributed by atoms with Crippen molar-refractivity contribution < 1.29 is 19.4 Å². The van der Waals surface area contributed by atoms with Crippen molar-refractivity contribution in [2.24, 2.45) is 0 Å². The van der Waals surface area contributed by atoms with E-state index in [0.717, 1.165) is 0 Å². The minimum atomic E-state index is -1.23. The number of hydrogen-bond acceptors (Lipinski definition) is 3.